The average Bonchev–Trinajstić information content (AvgIpc) is 2.52. The third-order valence-electron chi connectivity index (χ3n) is 3.46. The minimum absolute atomic E-state index is 0.0360. The van der Waals surface area contributed by atoms with Gasteiger partial charge in [-0.1, -0.05) is 15.9 Å². The molecule has 0 fully saturated rings. The van der Waals surface area contributed by atoms with Gasteiger partial charge in [-0.3, -0.25) is 0 Å². The Morgan fingerprint density at radius 1 is 1.08 bits per heavy atom. The van der Waals surface area contributed by atoms with Gasteiger partial charge in [0, 0.05) is 21.1 Å². The van der Waals surface area contributed by atoms with Crippen LogP contribution in [-0.4, -0.2) is 9.97 Å². The minimum atomic E-state index is -4.47. The zero-order valence-corrected chi connectivity index (χ0v) is 14.4. The zero-order valence-electron chi connectivity index (χ0n) is 12.0. The van der Waals surface area contributed by atoms with E-state index < -0.39 is 11.7 Å². The summed E-state index contributed by atoms with van der Waals surface area (Å²) < 4.78 is 39.9. The van der Waals surface area contributed by atoms with Crippen LogP contribution in [0.2, 0.25) is 0 Å². The van der Waals surface area contributed by atoms with Crippen LogP contribution in [0.15, 0.2) is 40.9 Å². The second kappa shape index (κ2) is 6.22. The van der Waals surface area contributed by atoms with E-state index in [1.54, 1.807) is 18.2 Å². The number of benzene rings is 2. The smallest absolute Gasteiger partial charge is 0.398 e. The summed E-state index contributed by atoms with van der Waals surface area (Å²) in [7, 11) is 0. The fourth-order valence-corrected chi connectivity index (χ4v) is 2.82. The van der Waals surface area contributed by atoms with Crippen molar-refractivity contribution in [2.45, 2.75) is 12.1 Å². The molecule has 3 rings (SSSR count). The van der Waals surface area contributed by atoms with Gasteiger partial charge in [0.2, 0.25) is 0 Å². The van der Waals surface area contributed by atoms with Gasteiger partial charge in [0.25, 0.3) is 0 Å². The van der Waals surface area contributed by atoms with E-state index in [2.05, 4.69) is 25.9 Å². The van der Waals surface area contributed by atoms with Gasteiger partial charge in [-0.25, -0.2) is 9.97 Å². The lowest BCUT2D eigenvalue weighted by Crippen LogP contribution is -2.06. The van der Waals surface area contributed by atoms with Gasteiger partial charge in [0.15, 0.2) is 0 Å². The number of nitrogen functional groups attached to an aromatic ring is 1. The summed E-state index contributed by atoms with van der Waals surface area (Å²) in [5.74, 6) is 0.350. The highest BCUT2D eigenvalue weighted by Gasteiger charge is 2.31. The summed E-state index contributed by atoms with van der Waals surface area (Å²) in [5.41, 5.74) is 6.42. The standard InChI is InChI=1S/C16H10BrClF3N3/c17-9-2-3-10-13(6-9)23-14(7-18)24-15(10)11-5-8(16(19,20)21)1-4-12(11)22/h1-6H,7,22H2. The van der Waals surface area contributed by atoms with Crippen LogP contribution in [0.3, 0.4) is 0 Å². The molecule has 1 heterocycles. The molecule has 0 aliphatic carbocycles. The number of hydrogen-bond acceptors (Lipinski definition) is 3. The first-order valence-corrected chi connectivity index (χ1v) is 8.11. The van der Waals surface area contributed by atoms with Crippen LogP contribution >= 0.6 is 27.5 Å². The molecule has 3 nitrogen and oxygen atoms in total. The molecular formula is C16H10BrClF3N3. The van der Waals surface area contributed by atoms with Crippen molar-refractivity contribution >= 4 is 44.1 Å². The van der Waals surface area contributed by atoms with Crippen LogP contribution in [0.25, 0.3) is 22.2 Å². The molecule has 0 spiro atoms. The maximum Gasteiger partial charge on any atom is 0.416 e. The Hall–Kier alpha value is -1.86. The van der Waals surface area contributed by atoms with Gasteiger partial charge in [-0.2, -0.15) is 13.2 Å². The number of nitrogens with two attached hydrogens (primary N) is 1. The van der Waals surface area contributed by atoms with E-state index in [1.807, 2.05) is 0 Å². The molecule has 0 radical (unpaired) electrons. The van der Waals surface area contributed by atoms with Crippen LogP contribution in [0.4, 0.5) is 18.9 Å². The van der Waals surface area contributed by atoms with E-state index in [0.29, 0.717) is 22.4 Å². The Bertz CT molecular complexity index is 928. The summed E-state index contributed by atoms with van der Waals surface area (Å²) in [4.78, 5) is 8.60. The molecule has 0 bridgehead atoms. The molecule has 2 aromatic carbocycles. The van der Waals surface area contributed by atoms with Crippen molar-refractivity contribution in [3.8, 4) is 11.3 Å². The van der Waals surface area contributed by atoms with Crippen LogP contribution in [0.5, 0.6) is 0 Å². The summed E-state index contributed by atoms with van der Waals surface area (Å²) in [6.45, 7) is 0. The van der Waals surface area contributed by atoms with Crippen molar-refractivity contribution in [1.82, 2.24) is 9.97 Å². The van der Waals surface area contributed by atoms with Crippen LogP contribution in [-0.2, 0) is 12.1 Å². The molecule has 1 aromatic heterocycles. The first kappa shape index (κ1) is 17.0. The van der Waals surface area contributed by atoms with Crippen LogP contribution in [0, 0.1) is 0 Å². The monoisotopic (exact) mass is 415 g/mol. The molecule has 0 saturated heterocycles. The maximum atomic E-state index is 13.0. The maximum absolute atomic E-state index is 13.0. The second-order valence-corrected chi connectivity index (χ2v) is 6.27. The minimum Gasteiger partial charge on any atom is -0.398 e. The Balaban J connectivity index is 2.33. The van der Waals surface area contributed by atoms with E-state index in [0.717, 1.165) is 16.6 Å². The number of halogens is 5. The number of fused-ring (bicyclic) bond motifs is 1. The van der Waals surface area contributed by atoms with E-state index in [9.17, 15) is 13.2 Å². The lowest BCUT2D eigenvalue weighted by atomic mass is 10.0. The number of hydrogen-bond donors (Lipinski definition) is 1. The number of aromatic nitrogens is 2. The van der Waals surface area contributed by atoms with Gasteiger partial charge in [-0.15, -0.1) is 11.6 Å². The van der Waals surface area contributed by atoms with Gasteiger partial charge in [-0.05, 0) is 36.4 Å². The summed E-state index contributed by atoms with van der Waals surface area (Å²) in [6.07, 6.45) is -4.47. The molecule has 0 amide bonds. The fraction of sp³-hybridized carbons (Fsp3) is 0.125. The zero-order chi connectivity index (χ0) is 17.5. The first-order valence-electron chi connectivity index (χ1n) is 6.79. The quantitative estimate of drug-likeness (QED) is 0.449. The largest absolute Gasteiger partial charge is 0.416 e. The molecule has 8 heteroatoms. The van der Waals surface area contributed by atoms with Crippen molar-refractivity contribution in [3.63, 3.8) is 0 Å². The Morgan fingerprint density at radius 3 is 2.50 bits per heavy atom. The summed E-state index contributed by atoms with van der Waals surface area (Å²) in [6, 6.07) is 8.41. The molecule has 2 N–H and O–H groups in total. The highest BCUT2D eigenvalue weighted by Crippen LogP contribution is 2.37. The van der Waals surface area contributed by atoms with E-state index in [4.69, 9.17) is 17.3 Å². The highest BCUT2D eigenvalue weighted by atomic mass is 79.9. The highest BCUT2D eigenvalue weighted by molar-refractivity contribution is 9.10. The van der Waals surface area contributed by atoms with Crippen molar-refractivity contribution in [2.75, 3.05) is 5.73 Å². The van der Waals surface area contributed by atoms with Crippen LogP contribution in [0.1, 0.15) is 11.4 Å². The average molecular weight is 417 g/mol. The fourth-order valence-electron chi connectivity index (χ4n) is 2.35. The molecule has 3 aromatic rings. The molecule has 124 valence electrons. The molecule has 0 aliphatic rings. The molecule has 0 atom stereocenters. The lowest BCUT2D eigenvalue weighted by molar-refractivity contribution is -0.137. The Kier molecular flexibility index (Phi) is 4.40. The number of rotatable bonds is 2. The third-order valence-corrected chi connectivity index (χ3v) is 4.19. The molecular weight excluding hydrogens is 407 g/mol. The normalized spacial score (nSPS) is 11.9. The lowest BCUT2D eigenvalue weighted by Gasteiger charge is -2.13. The van der Waals surface area contributed by atoms with E-state index >= 15 is 0 Å². The topological polar surface area (TPSA) is 51.8 Å². The third kappa shape index (κ3) is 3.18. The predicted molar refractivity (Wildman–Crippen MR) is 91.6 cm³/mol. The predicted octanol–water partition coefficient (Wildman–Crippen LogP) is 5.40. The molecule has 0 unspecified atom stereocenters. The van der Waals surface area contributed by atoms with Crippen molar-refractivity contribution in [1.29, 1.82) is 0 Å². The van der Waals surface area contributed by atoms with Gasteiger partial charge < -0.3 is 5.73 Å². The summed E-state index contributed by atoms with van der Waals surface area (Å²) >= 11 is 9.17. The van der Waals surface area contributed by atoms with Crippen molar-refractivity contribution < 1.29 is 13.2 Å². The van der Waals surface area contributed by atoms with E-state index in [-0.39, 0.29) is 17.1 Å². The van der Waals surface area contributed by atoms with Crippen molar-refractivity contribution in [2.24, 2.45) is 0 Å². The first-order chi connectivity index (χ1) is 11.3. The van der Waals surface area contributed by atoms with E-state index in [1.165, 1.54) is 6.07 Å². The second-order valence-electron chi connectivity index (χ2n) is 5.08. The molecule has 0 saturated carbocycles. The summed E-state index contributed by atoms with van der Waals surface area (Å²) in [5, 5.41) is 0.595. The molecule has 24 heavy (non-hydrogen) atoms. The van der Waals surface area contributed by atoms with Gasteiger partial charge in [0.05, 0.1) is 22.7 Å². The Labute approximate surface area is 148 Å². The van der Waals surface area contributed by atoms with Crippen LogP contribution < -0.4 is 5.73 Å². The van der Waals surface area contributed by atoms with Gasteiger partial charge in [0.1, 0.15) is 5.82 Å². The van der Waals surface area contributed by atoms with Crippen molar-refractivity contribution in [3.05, 3.63) is 52.3 Å². The van der Waals surface area contributed by atoms with Gasteiger partial charge >= 0.3 is 6.18 Å². The Morgan fingerprint density at radius 2 is 1.83 bits per heavy atom. The number of anilines is 1. The SMILES string of the molecule is Nc1ccc(C(F)(F)F)cc1-c1nc(CCl)nc2cc(Br)ccc12. The number of nitrogens with zero attached hydrogens (tertiary/aromatic N) is 2. The molecule has 0 aliphatic heterocycles. The number of alkyl halides is 4.